The summed E-state index contributed by atoms with van der Waals surface area (Å²) < 4.78 is 4.76. The van der Waals surface area contributed by atoms with Crippen LogP contribution in [0.3, 0.4) is 0 Å². The first-order valence-electron chi connectivity index (χ1n) is 9.17. The van der Waals surface area contributed by atoms with Crippen molar-refractivity contribution in [2.45, 2.75) is 64.6 Å². The van der Waals surface area contributed by atoms with Gasteiger partial charge in [0.1, 0.15) is 12.1 Å². The van der Waals surface area contributed by atoms with Crippen molar-refractivity contribution >= 4 is 17.9 Å². The van der Waals surface area contributed by atoms with Crippen LogP contribution in [-0.4, -0.2) is 42.6 Å². The number of hydrogen-bond acceptors (Lipinski definition) is 4. The van der Waals surface area contributed by atoms with E-state index in [1.54, 1.807) is 0 Å². The van der Waals surface area contributed by atoms with Crippen molar-refractivity contribution in [1.29, 1.82) is 0 Å². The molecule has 1 rings (SSSR count). The molecule has 1 aromatic rings. The number of carbonyl (C=O) groups excluding carboxylic acids is 3. The smallest absolute Gasteiger partial charge is 0.328 e. The lowest BCUT2D eigenvalue weighted by Gasteiger charge is -2.25. The number of nitrogens with one attached hydrogen (secondary N) is 3. The highest BCUT2D eigenvalue weighted by molar-refractivity contribution is 5.90. The van der Waals surface area contributed by atoms with Gasteiger partial charge in [-0.05, 0) is 32.8 Å². The van der Waals surface area contributed by atoms with Crippen molar-refractivity contribution in [1.82, 2.24) is 16.0 Å². The maximum atomic E-state index is 12.8. The summed E-state index contributed by atoms with van der Waals surface area (Å²) in [5, 5.41) is 8.19. The molecule has 27 heavy (non-hydrogen) atoms. The Morgan fingerprint density at radius 2 is 1.67 bits per heavy atom. The zero-order valence-corrected chi connectivity index (χ0v) is 16.8. The molecule has 3 N–H and O–H groups in total. The molecule has 3 amide bonds. The van der Waals surface area contributed by atoms with Crippen LogP contribution in [0.2, 0.25) is 0 Å². The van der Waals surface area contributed by atoms with Crippen molar-refractivity contribution in [3.63, 3.8) is 0 Å². The van der Waals surface area contributed by atoms with Crippen LogP contribution in [0.15, 0.2) is 30.3 Å². The normalized spacial score (nSPS) is 13.2. The van der Waals surface area contributed by atoms with Crippen molar-refractivity contribution in [3.8, 4) is 0 Å². The van der Waals surface area contributed by atoms with Crippen molar-refractivity contribution in [3.05, 3.63) is 35.9 Å². The van der Waals surface area contributed by atoms with Gasteiger partial charge in [-0.2, -0.15) is 0 Å². The van der Waals surface area contributed by atoms with E-state index >= 15 is 0 Å². The van der Waals surface area contributed by atoms with Crippen LogP contribution in [0.25, 0.3) is 0 Å². The molecule has 0 radical (unpaired) electrons. The molecule has 0 heterocycles. The fourth-order valence-corrected chi connectivity index (χ4v) is 2.55. The van der Waals surface area contributed by atoms with Crippen LogP contribution in [0.5, 0.6) is 0 Å². The Balaban J connectivity index is 2.92. The number of benzene rings is 1. The third kappa shape index (κ3) is 8.57. The summed E-state index contributed by atoms with van der Waals surface area (Å²) in [5.74, 6) is -0.922. The summed E-state index contributed by atoms with van der Waals surface area (Å²) in [7, 11) is 1.29. The molecule has 7 heteroatoms. The van der Waals surface area contributed by atoms with Gasteiger partial charge in [-0.25, -0.2) is 9.59 Å². The molecule has 0 aliphatic rings. The molecule has 0 fully saturated rings. The van der Waals surface area contributed by atoms with Gasteiger partial charge in [-0.3, -0.25) is 4.79 Å². The molecule has 0 unspecified atom stereocenters. The summed E-state index contributed by atoms with van der Waals surface area (Å²) in [6.07, 6.45) is 1.48. The lowest BCUT2D eigenvalue weighted by atomic mass is 10.0. The van der Waals surface area contributed by atoms with E-state index in [0.29, 0.717) is 19.3 Å². The maximum absolute atomic E-state index is 12.8. The highest BCUT2D eigenvalue weighted by Crippen LogP contribution is 2.06. The van der Waals surface area contributed by atoms with Crippen LogP contribution >= 0.6 is 0 Å². The second-order valence-corrected chi connectivity index (χ2v) is 7.46. The van der Waals surface area contributed by atoms with E-state index in [9.17, 15) is 14.4 Å². The number of urea groups is 1. The van der Waals surface area contributed by atoms with Crippen LogP contribution < -0.4 is 16.0 Å². The van der Waals surface area contributed by atoms with Crippen LogP contribution in [0, 0.1) is 0 Å². The van der Waals surface area contributed by atoms with E-state index in [1.165, 1.54) is 7.11 Å². The molecule has 2 atom stereocenters. The minimum Gasteiger partial charge on any atom is -0.467 e. The van der Waals surface area contributed by atoms with Gasteiger partial charge < -0.3 is 20.7 Å². The molecular weight excluding hydrogens is 346 g/mol. The zero-order valence-electron chi connectivity index (χ0n) is 16.8. The second-order valence-electron chi connectivity index (χ2n) is 7.46. The third-order valence-electron chi connectivity index (χ3n) is 3.77. The Bertz CT molecular complexity index is 626. The molecule has 0 spiro atoms. The molecule has 0 bridgehead atoms. The SMILES string of the molecule is CCC[C@H](NC(=O)[C@H](Cc1ccccc1)NC(=O)NC(C)(C)C)C(=O)OC. The lowest BCUT2D eigenvalue weighted by molar-refractivity contribution is -0.145. The minimum atomic E-state index is -0.821. The van der Waals surface area contributed by atoms with Gasteiger partial charge in [0.2, 0.25) is 5.91 Å². The summed E-state index contributed by atoms with van der Waals surface area (Å²) in [5.41, 5.74) is 0.466. The Morgan fingerprint density at radius 3 is 2.19 bits per heavy atom. The quantitative estimate of drug-likeness (QED) is 0.605. The van der Waals surface area contributed by atoms with Gasteiger partial charge in [0.25, 0.3) is 0 Å². The molecule has 0 saturated carbocycles. The molecule has 7 nitrogen and oxygen atoms in total. The topological polar surface area (TPSA) is 96.5 Å². The van der Waals surface area contributed by atoms with Gasteiger partial charge in [0.05, 0.1) is 7.11 Å². The molecule has 1 aromatic carbocycles. The molecule has 0 aromatic heterocycles. The zero-order chi connectivity index (χ0) is 20.4. The predicted molar refractivity (Wildman–Crippen MR) is 104 cm³/mol. The van der Waals surface area contributed by atoms with Crippen molar-refractivity contribution in [2.24, 2.45) is 0 Å². The van der Waals surface area contributed by atoms with E-state index < -0.39 is 35.5 Å². The molecule has 150 valence electrons. The summed E-state index contributed by atoms with van der Waals surface area (Å²) >= 11 is 0. The Morgan fingerprint density at radius 1 is 1.04 bits per heavy atom. The monoisotopic (exact) mass is 377 g/mol. The van der Waals surface area contributed by atoms with Crippen molar-refractivity contribution < 1.29 is 19.1 Å². The van der Waals surface area contributed by atoms with E-state index in [2.05, 4.69) is 16.0 Å². The van der Waals surface area contributed by atoms with E-state index in [1.807, 2.05) is 58.0 Å². The van der Waals surface area contributed by atoms with Gasteiger partial charge in [-0.15, -0.1) is 0 Å². The molecule has 0 aliphatic heterocycles. The number of amides is 3. The first kappa shape index (κ1) is 22.5. The van der Waals surface area contributed by atoms with Crippen LogP contribution in [-0.2, 0) is 20.7 Å². The fourth-order valence-electron chi connectivity index (χ4n) is 2.55. The van der Waals surface area contributed by atoms with E-state index in [4.69, 9.17) is 4.74 Å². The first-order chi connectivity index (χ1) is 12.7. The predicted octanol–water partition coefficient (Wildman–Crippen LogP) is 2.15. The molecular formula is C20H31N3O4. The Hall–Kier alpha value is -2.57. The summed E-state index contributed by atoms with van der Waals surface area (Å²) in [6, 6.07) is 7.39. The summed E-state index contributed by atoms with van der Waals surface area (Å²) in [4.78, 5) is 37.0. The average Bonchev–Trinajstić information content (AvgIpc) is 2.59. The highest BCUT2D eigenvalue weighted by Gasteiger charge is 2.27. The standard InChI is InChI=1S/C20H31N3O4/c1-6-10-15(18(25)27-5)21-17(24)16(13-14-11-8-7-9-12-14)22-19(26)23-20(2,3)4/h7-9,11-12,15-16H,6,10,13H2,1-5H3,(H,21,24)(H2,22,23,26)/t15-,16-/m0/s1. The van der Waals surface area contributed by atoms with Crippen LogP contribution in [0.4, 0.5) is 4.79 Å². The number of hydrogen-bond donors (Lipinski definition) is 3. The third-order valence-corrected chi connectivity index (χ3v) is 3.77. The second kappa shape index (κ2) is 10.5. The lowest BCUT2D eigenvalue weighted by Crippen LogP contribution is -2.56. The minimum absolute atomic E-state index is 0.310. The van der Waals surface area contributed by atoms with Crippen LogP contribution in [0.1, 0.15) is 46.1 Å². The van der Waals surface area contributed by atoms with Crippen molar-refractivity contribution in [2.75, 3.05) is 7.11 Å². The number of rotatable bonds is 8. The number of ether oxygens (including phenoxy) is 1. The van der Waals surface area contributed by atoms with Gasteiger partial charge in [0.15, 0.2) is 0 Å². The number of methoxy groups -OCH3 is 1. The average molecular weight is 377 g/mol. The Labute approximate surface area is 161 Å². The van der Waals surface area contributed by atoms with E-state index in [-0.39, 0.29) is 0 Å². The largest absolute Gasteiger partial charge is 0.467 e. The number of esters is 1. The highest BCUT2D eigenvalue weighted by atomic mass is 16.5. The Kier molecular flexibility index (Phi) is 8.78. The maximum Gasteiger partial charge on any atom is 0.328 e. The molecule has 0 saturated heterocycles. The number of carbonyl (C=O) groups is 3. The fraction of sp³-hybridized carbons (Fsp3) is 0.550. The first-order valence-corrected chi connectivity index (χ1v) is 9.17. The van der Waals surface area contributed by atoms with E-state index in [0.717, 1.165) is 5.56 Å². The van der Waals surface area contributed by atoms with Gasteiger partial charge in [-0.1, -0.05) is 43.7 Å². The van der Waals surface area contributed by atoms with Gasteiger partial charge >= 0.3 is 12.0 Å². The molecule has 0 aliphatic carbocycles. The summed E-state index contributed by atoms with van der Waals surface area (Å²) in [6.45, 7) is 7.48. The van der Waals surface area contributed by atoms with Gasteiger partial charge in [0, 0.05) is 12.0 Å².